The van der Waals surface area contributed by atoms with Crippen LogP contribution >= 0.6 is 0 Å². The van der Waals surface area contributed by atoms with Crippen molar-refractivity contribution < 1.29 is 18.7 Å². The SMILES string of the molecule is CNC(=O)N(N=N)c1ccc(F)cc1OCCOC. The van der Waals surface area contributed by atoms with Crippen molar-refractivity contribution in [1.82, 2.24) is 5.32 Å². The van der Waals surface area contributed by atoms with E-state index < -0.39 is 11.8 Å². The lowest BCUT2D eigenvalue weighted by Crippen LogP contribution is -2.34. The van der Waals surface area contributed by atoms with Gasteiger partial charge in [-0.25, -0.2) is 9.18 Å². The van der Waals surface area contributed by atoms with E-state index in [1.807, 2.05) is 0 Å². The summed E-state index contributed by atoms with van der Waals surface area (Å²) in [4.78, 5) is 11.5. The van der Waals surface area contributed by atoms with Gasteiger partial charge in [0.1, 0.15) is 23.9 Å². The Labute approximate surface area is 109 Å². The highest BCUT2D eigenvalue weighted by molar-refractivity contribution is 5.92. The van der Waals surface area contributed by atoms with Gasteiger partial charge in [0, 0.05) is 20.2 Å². The molecule has 19 heavy (non-hydrogen) atoms. The maximum absolute atomic E-state index is 13.2. The normalized spacial score (nSPS) is 9.84. The number of benzene rings is 1. The van der Waals surface area contributed by atoms with Gasteiger partial charge in [0.25, 0.3) is 0 Å². The number of nitrogens with one attached hydrogen (secondary N) is 2. The highest BCUT2D eigenvalue weighted by Crippen LogP contribution is 2.29. The van der Waals surface area contributed by atoms with Crippen LogP contribution in [0.1, 0.15) is 0 Å². The summed E-state index contributed by atoms with van der Waals surface area (Å²) < 4.78 is 23.3. The van der Waals surface area contributed by atoms with Gasteiger partial charge in [-0.2, -0.15) is 10.5 Å². The third kappa shape index (κ3) is 3.88. The summed E-state index contributed by atoms with van der Waals surface area (Å²) in [6.45, 7) is 0.500. The minimum atomic E-state index is -0.627. The number of ether oxygens (including phenoxy) is 2. The van der Waals surface area contributed by atoms with Crippen LogP contribution in [0, 0.1) is 11.3 Å². The number of urea groups is 1. The van der Waals surface area contributed by atoms with Crippen LogP contribution in [0.25, 0.3) is 0 Å². The maximum atomic E-state index is 13.2. The molecule has 2 N–H and O–H groups in total. The predicted octanol–water partition coefficient (Wildman–Crippen LogP) is 1.94. The van der Waals surface area contributed by atoms with Crippen LogP contribution in [-0.4, -0.2) is 33.4 Å². The molecule has 0 aliphatic heterocycles. The summed E-state index contributed by atoms with van der Waals surface area (Å²) >= 11 is 0. The molecule has 0 aliphatic rings. The Balaban J connectivity index is 3.03. The first-order valence-electron chi connectivity index (χ1n) is 5.44. The Kier molecular flexibility index (Phi) is 5.68. The molecule has 0 saturated heterocycles. The minimum Gasteiger partial charge on any atom is -0.489 e. The lowest BCUT2D eigenvalue weighted by Gasteiger charge is -2.18. The molecule has 0 fully saturated rings. The molecule has 0 spiro atoms. The predicted molar refractivity (Wildman–Crippen MR) is 65.9 cm³/mol. The quantitative estimate of drug-likeness (QED) is 0.470. The average Bonchev–Trinajstić information content (AvgIpc) is 2.41. The molecule has 0 radical (unpaired) electrons. The zero-order chi connectivity index (χ0) is 14.3. The van der Waals surface area contributed by atoms with Gasteiger partial charge in [0.15, 0.2) is 0 Å². The van der Waals surface area contributed by atoms with Crippen LogP contribution in [0.5, 0.6) is 5.75 Å². The van der Waals surface area contributed by atoms with Gasteiger partial charge < -0.3 is 14.8 Å². The Morgan fingerprint density at radius 2 is 2.26 bits per heavy atom. The van der Waals surface area contributed by atoms with Crippen molar-refractivity contribution in [2.24, 2.45) is 5.22 Å². The molecule has 0 aliphatic carbocycles. The van der Waals surface area contributed by atoms with Crippen molar-refractivity contribution in [2.45, 2.75) is 0 Å². The number of nitrogens with zero attached hydrogens (tertiary/aromatic N) is 2. The first-order chi connectivity index (χ1) is 9.13. The molecule has 0 heterocycles. The number of carbonyl (C=O) groups excluding carboxylic acids is 1. The standard InChI is InChI=1S/C11H15FN4O3/c1-14-11(17)16(15-13)9-4-3-8(12)7-10(9)19-6-5-18-2/h3-4,7,13H,5-6H2,1-2H3,(H,14,17). The average molecular weight is 270 g/mol. The number of rotatable bonds is 6. The molecule has 1 aromatic rings. The van der Waals surface area contributed by atoms with E-state index >= 15 is 0 Å². The second kappa shape index (κ2) is 7.27. The van der Waals surface area contributed by atoms with Crippen molar-refractivity contribution >= 4 is 11.7 Å². The second-order valence-corrected chi connectivity index (χ2v) is 3.42. The van der Waals surface area contributed by atoms with Gasteiger partial charge in [-0.3, -0.25) is 0 Å². The van der Waals surface area contributed by atoms with Crippen molar-refractivity contribution in [3.63, 3.8) is 0 Å². The molecule has 0 saturated carbocycles. The highest BCUT2D eigenvalue weighted by atomic mass is 19.1. The van der Waals surface area contributed by atoms with E-state index in [-0.39, 0.29) is 18.0 Å². The molecular formula is C11H15FN4O3. The van der Waals surface area contributed by atoms with Crippen LogP contribution in [0.4, 0.5) is 14.9 Å². The number of methoxy groups -OCH3 is 1. The van der Waals surface area contributed by atoms with Gasteiger partial charge in [0.05, 0.1) is 6.61 Å². The third-order valence-corrected chi connectivity index (χ3v) is 2.20. The monoisotopic (exact) mass is 270 g/mol. The Hall–Kier alpha value is -2.22. The van der Waals surface area contributed by atoms with Crippen LogP contribution in [0.3, 0.4) is 0 Å². The molecule has 0 atom stereocenters. The van der Waals surface area contributed by atoms with Crippen LogP contribution in [-0.2, 0) is 4.74 Å². The molecule has 0 bridgehead atoms. The number of halogens is 1. The Morgan fingerprint density at radius 3 is 2.84 bits per heavy atom. The van der Waals surface area contributed by atoms with E-state index in [1.54, 1.807) is 0 Å². The second-order valence-electron chi connectivity index (χ2n) is 3.42. The number of hydrogen-bond donors (Lipinski definition) is 2. The van der Waals surface area contributed by atoms with E-state index in [9.17, 15) is 9.18 Å². The van der Waals surface area contributed by atoms with Crippen molar-refractivity contribution in [1.29, 1.82) is 5.53 Å². The lowest BCUT2D eigenvalue weighted by atomic mass is 10.2. The van der Waals surface area contributed by atoms with Crippen molar-refractivity contribution in [3.05, 3.63) is 24.0 Å². The molecule has 2 amide bonds. The molecular weight excluding hydrogens is 255 g/mol. The summed E-state index contributed by atoms with van der Waals surface area (Å²) in [5, 5.41) is 6.17. The lowest BCUT2D eigenvalue weighted by molar-refractivity contribution is 0.146. The van der Waals surface area contributed by atoms with Gasteiger partial charge >= 0.3 is 6.03 Å². The number of hydrogen-bond acceptors (Lipinski definition) is 5. The number of carbonyl (C=O) groups is 1. The minimum absolute atomic E-state index is 0.108. The molecule has 0 unspecified atom stereocenters. The Morgan fingerprint density at radius 1 is 1.53 bits per heavy atom. The maximum Gasteiger partial charge on any atom is 0.343 e. The summed E-state index contributed by atoms with van der Waals surface area (Å²) in [6.07, 6.45) is 0. The molecule has 1 rings (SSSR count). The van der Waals surface area contributed by atoms with Gasteiger partial charge in [0.2, 0.25) is 0 Å². The molecule has 1 aromatic carbocycles. The van der Waals surface area contributed by atoms with Crippen LogP contribution < -0.4 is 15.1 Å². The fourth-order valence-corrected chi connectivity index (χ4v) is 1.33. The van der Waals surface area contributed by atoms with Gasteiger partial charge in [-0.1, -0.05) is 5.22 Å². The van der Waals surface area contributed by atoms with E-state index in [0.717, 1.165) is 17.1 Å². The largest absolute Gasteiger partial charge is 0.489 e. The van der Waals surface area contributed by atoms with Gasteiger partial charge in [-0.15, -0.1) is 0 Å². The highest BCUT2D eigenvalue weighted by Gasteiger charge is 2.19. The molecule has 0 aromatic heterocycles. The third-order valence-electron chi connectivity index (χ3n) is 2.20. The summed E-state index contributed by atoms with van der Waals surface area (Å²) in [7, 11) is 2.90. The van der Waals surface area contributed by atoms with Crippen LogP contribution in [0.15, 0.2) is 23.4 Å². The molecule has 8 heteroatoms. The Bertz CT molecular complexity index is 456. The molecule has 104 valence electrons. The first kappa shape index (κ1) is 14.8. The summed E-state index contributed by atoms with van der Waals surface area (Å²) in [6, 6.07) is 2.95. The summed E-state index contributed by atoms with van der Waals surface area (Å²) in [5.41, 5.74) is 7.18. The van der Waals surface area contributed by atoms with E-state index in [2.05, 4.69) is 10.5 Å². The first-order valence-corrected chi connectivity index (χ1v) is 5.44. The van der Waals surface area contributed by atoms with E-state index in [4.69, 9.17) is 15.0 Å². The zero-order valence-electron chi connectivity index (χ0n) is 10.6. The smallest absolute Gasteiger partial charge is 0.343 e. The fourth-order valence-electron chi connectivity index (χ4n) is 1.33. The topological polar surface area (TPSA) is 87.0 Å². The molecule has 7 nitrogen and oxygen atoms in total. The zero-order valence-corrected chi connectivity index (χ0v) is 10.6. The summed E-state index contributed by atoms with van der Waals surface area (Å²) in [5.74, 6) is -0.408. The number of amides is 2. The van der Waals surface area contributed by atoms with Crippen molar-refractivity contribution in [3.8, 4) is 5.75 Å². The number of anilines is 1. The van der Waals surface area contributed by atoms with Gasteiger partial charge in [-0.05, 0) is 12.1 Å². The fraction of sp³-hybridized carbons (Fsp3) is 0.364. The van der Waals surface area contributed by atoms with E-state index in [0.29, 0.717) is 6.61 Å². The van der Waals surface area contributed by atoms with Crippen molar-refractivity contribution in [2.75, 3.05) is 32.4 Å². The van der Waals surface area contributed by atoms with Crippen LogP contribution in [0.2, 0.25) is 0 Å². The van der Waals surface area contributed by atoms with E-state index in [1.165, 1.54) is 20.2 Å².